The lowest BCUT2D eigenvalue weighted by atomic mass is 9.96. The van der Waals surface area contributed by atoms with E-state index in [4.69, 9.17) is 18.0 Å². The lowest BCUT2D eigenvalue weighted by Gasteiger charge is -2.30. The molecule has 0 aromatic heterocycles. The fourth-order valence-corrected chi connectivity index (χ4v) is 2.63. The van der Waals surface area contributed by atoms with Crippen LogP contribution in [0.15, 0.2) is 30.3 Å². The van der Waals surface area contributed by atoms with Gasteiger partial charge in [0.2, 0.25) is 5.91 Å². The first-order chi connectivity index (χ1) is 9.82. The number of rotatable bonds is 7. The van der Waals surface area contributed by atoms with Gasteiger partial charge in [-0.15, -0.1) is 0 Å². The van der Waals surface area contributed by atoms with Crippen LogP contribution < -0.4 is 5.73 Å². The van der Waals surface area contributed by atoms with E-state index in [1.54, 1.807) is 0 Å². The normalized spacial score (nSPS) is 12.5. The van der Waals surface area contributed by atoms with E-state index in [1.165, 1.54) is 0 Å². The van der Waals surface area contributed by atoms with Crippen molar-refractivity contribution in [1.82, 2.24) is 4.90 Å². The van der Waals surface area contributed by atoms with Gasteiger partial charge in [-0.05, 0) is 17.4 Å². The summed E-state index contributed by atoms with van der Waals surface area (Å²) in [5, 5.41) is 0. The van der Waals surface area contributed by atoms with Crippen LogP contribution in [-0.2, 0) is 4.79 Å². The molecule has 116 valence electrons. The number of carbonyl (C=O) groups is 1. The molecule has 3 nitrogen and oxygen atoms in total. The first-order valence-electron chi connectivity index (χ1n) is 7.46. The van der Waals surface area contributed by atoms with E-state index in [-0.39, 0.29) is 10.9 Å². The third-order valence-corrected chi connectivity index (χ3v) is 3.38. The second-order valence-electron chi connectivity index (χ2n) is 6.28. The number of carbonyl (C=O) groups excluding carboxylic acids is 1. The Balaban J connectivity index is 3.04. The molecule has 4 heteroatoms. The minimum Gasteiger partial charge on any atom is -0.392 e. The number of nitrogens with zero attached hydrogens (tertiary/aromatic N) is 1. The van der Waals surface area contributed by atoms with Gasteiger partial charge < -0.3 is 10.6 Å². The zero-order valence-electron chi connectivity index (χ0n) is 13.4. The molecule has 1 amide bonds. The minimum atomic E-state index is -0.529. The zero-order valence-corrected chi connectivity index (χ0v) is 14.2. The van der Waals surface area contributed by atoms with Gasteiger partial charge >= 0.3 is 0 Å². The summed E-state index contributed by atoms with van der Waals surface area (Å²) in [4.78, 5) is 15.0. The Morgan fingerprint density at radius 3 is 1.95 bits per heavy atom. The van der Waals surface area contributed by atoms with Crippen LogP contribution in [0.5, 0.6) is 0 Å². The molecule has 0 radical (unpaired) electrons. The highest BCUT2D eigenvalue weighted by Crippen LogP contribution is 2.20. The molecular weight excluding hydrogens is 280 g/mol. The third-order valence-electron chi connectivity index (χ3n) is 3.15. The average molecular weight is 306 g/mol. The maximum atomic E-state index is 12.9. The van der Waals surface area contributed by atoms with Crippen molar-refractivity contribution in [2.45, 2.75) is 33.6 Å². The van der Waals surface area contributed by atoms with Gasteiger partial charge in [0.05, 0.1) is 4.99 Å². The van der Waals surface area contributed by atoms with Crippen LogP contribution in [0, 0.1) is 11.8 Å². The fourth-order valence-electron chi connectivity index (χ4n) is 2.39. The molecule has 21 heavy (non-hydrogen) atoms. The summed E-state index contributed by atoms with van der Waals surface area (Å²) >= 11 is 5.15. The van der Waals surface area contributed by atoms with Crippen LogP contribution in [0.2, 0.25) is 0 Å². The van der Waals surface area contributed by atoms with E-state index in [1.807, 2.05) is 35.2 Å². The second kappa shape index (κ2) is 8.13. The van der Waals surface area contributed by atoms with Crippen LogP contribution in [0.3, 0.4) is 0 Å². The molecule has 1 atom stereocenters. The molecule has 0 fully saturated rings. The van der Waals surface area contributed by atoms with Crippen molar-refractivity contribution in [1.29, 1.82) is 0 Å². The second-order valence-corrected chi connectivity index (χ2v) is 6.75. The summed E-state index contributed by atoms with van der Waals surface area (Å²) in [6.07, 6.45) is 0. The average Bonchev–Trinajstić information content (AvgIpc) is 2.37. The van der Waals surface area contributed by atoms with Gasteiger partial charge in [-0.1, -0.05) is 70.2 Å². The summed E-state index contributed by atoms with van der Waals surface area (Å²) in [7, 11) is 0. The quantitative estimate of drug-likeness (QED) is 0.787. The van der Waals surface area contributed by atoms with E-state index < -0.39 is 5.92 Å². The lowest BCUT2D eigenvalue weighted by Crippen LogP contribution is -2.43. The van der Waals surface area contributed by atoms with E-state index in [0.29, 0.717) is 11.8 Å². The van der Waals surface area contributed by atoms with Gasteiger partial charge in [-0.3, -0.25) is 4.79 Å². The van der Waals surface area contributed by atoms with Crippen molar-refractivity contribution in [2.75, 3.05) is 13.1 Å². The van der Waals surface area contributed by atoms with Gasteiger partial charge in [0.25, 0.3) is 0 Å². The van der Waals surface area contributed by atoms with Crippen molar-refractivity contribution < 1.29 is 4.79 Å². The van der Waals surface area contributed by atoms with Crippen molar-refractivity contribution in [3.05, 3.63) is 35.9 Å². The van der Waals surface area contributed by atoms with Gasteiger partial charge in [-0.2, -0.15) is 0 Å². The molecule has 1 aromatic carbocycles. The summed E-state index contributed by atoms with van der Waals surface area (Å²) < 4.78 is 0. The molecule has 0 heterocycles. The smallest absolute Gasteiger partial charge is 0.237 e. The van der Waals surface area contributed by atoms with Gasteiger partial charge in [0.1, 0.15) is 5.92 Å². The molecule has 1 rings (SSSR count). The van der Waals surface area contributed by atoms with Crippen molar-refractivity contribution >= 4 is 23.1 Å². The van der Waals surface area contributed by atoms with Crippen LogP contribution in [0.25, 0.3) is 0 Å². The zero-order chi connectivity index (χ0) is 16.0. The lowest BCUT2D eigenvalue weighted by molar-refractivity contribution is -0.132. The van der Waals surface area contributed by atoms with E-state index in [0.717, 1.165) is 18.7 Å². The molecule has 1 unspecified atom stereocenters. The molecule has 0 aliphatic rings. The summed E-state index contributed by atoms with van der Waals surface area (Å²) in [5.74, 6) is 0.306. The van der Waals surface area contributed by atoms with Crippen LogP contribution in [-0.4, -0.2) is 28.9 Å². The van der Waals surface area contributed by atoms with Crippen molar-refractivity contribution in [3.8, 4) is 0 Å². The minimum absolute atomic E-state index is 0.0103. The largest absolute Gasteiger partial charge is 0.392 e. The molecule has 0 aliphatic heterocycles. The Morgan fingerprint density at radius 1 is 1.10 bits per heavy atom. The fraction of sp³-hybridized carbons (Fsp3) is 0.529. The standard InChI is InChI=1S/C17H26N2OS/c1-12(2)10-19(11-13(3)4)17(20)15(16(18)21)14-8-6-5-7-9-14/h5-9,12-13,15H,10-11H2,1-4H3,(H2,18,21). The summed E-state index contributed by atoms with van der Waals surface area (Å²) in [6, 6.07) is 9.55. The highest BCUT2D eigenvalue weighted by Gasteiger charge is 2.28. The van der Waals surface area contributed by atoms with Crippen molar-refractivity contribution in [3.63, 3.8) is 0 Å². The third kappa shape index (κ3) is 5.46. The van der Waals surface area contributed by atoms with Gasteiger partial charge in [-0.25, -0.2) is 0 Å². The molecule has 0 bridgehead atoms. The molecule has 0 spiro atoms. The number of thiocarbonyl (C=S) groups is 1. The monoisotopic (exact) mass is 306 g/mol. The van der Waals surface area contributed by atoms with E-state index >= 15 is 0 Å². The molecule has 0 aliphatic carbocycles. The van der Waals surface area contributed by atoms with Crippen molar-refractivity contribution in [2.24, 2.45) is 17.6 Å². The highest BCUT2D eigenvalue weighted by molar-refractivity contribution is 7.80. The van der Waals surface area contributed by atoms with Gasteiger partial charge in [0.15, 0.2) is 0 Å². The van der Waals surface area contributed by atoms with Crippen LogP contribution in [0.4, 0.5) is 0 Å². The Labute approximate surface area is 133 Å². The topological polar surface area (TPSA) is 46.3 Å². The Hall–Kier alpha value is -1.42. The van der Waals surface area contributed by atoms with Gasteiger partial charge in [0, 0.05) is 13.1 Å². The predicted molar refractivity (Wildman–Crippen MR) is 92.2 cm³/mol. The number of hydrogen-bond donors (Lipinski definition) is 1. The first kappa shape index (κ1) is 17.6. The number of amides is 1. The molecular formula is C17H26N2OS. The van der Waals surface area contributed by atoms with E-state index in [2.05, 4.69) is 27.7 Å². The number of hydrogen-bond acceptors (Lipinski definition) is 2. The Morgan fingerprint density at radius 2 is 1.57 bits per heavy atom. The molecule has 0 saturated heterocycles. The maximum Gasteiger partial charge on any atom is 0.237 e. The van der Waals surface area contributed by atoms with Crippen LogP contribution in [0.1, 0.15) is 39.2 Å². The Kier molecular flexibility index (Phi) is 6.82. The molecule has 1 aromatic rings. The molecule has 2 N–H and O–H groups in total. The highest BCUT2D eigenvalue weighted by atomic mass is 32.1. The van der Waals surface area contributed by atoms with E-state index in [9.17, 15) is 4.79 Å². The van der Waals surface area contributed by atoms with Crippen LogP contribution >= 0.6 is 12.2 Å². The Bertz CT molecular complexity index is 461. The number of nitrogens with two attached hydrogens (primary N) is 1. The summed E-state index contributed by atoms with van der Waals surface area (Å²) in [5.41, 5.74) is 6.72. The number of benzene rings is 1. The first-order valence-corrected chi connectivity index (χ1v) is 7.86. The summed E-state index contributed by atoms with van der Waals surface area (Å²) in [6.45, 7) is 9.89. The predicted octanol–water partition coefficient (Wildman–Crippen LogP) is 3.20. The SMILES string of the molecule is CC(C)CN(CC(C)C)C(=O)C(C(N)=S)c1ccccc1. The maximum absolute atomic E-state index is 12.9. The molecule has 0 saturated carbocycles.